The number of nitrogens with one attached hydrogen (secondary N) is 1. The largest absolute Gasteiger partial charge is 0.357 e. The lowest BCUT2D eigenvalue weighted by Gasteiger charge is -2.28. The molecule has 0 aromatic heterocycles. The van der Waals surface area contributed by atoms with Gasteiger partial charge in [0.2, 0.25) is 11.8 Å². The molecule has 2 aromatic rings. The van der Waals surface area contributed by atoms with Gasteiger partial charge in [0.15, 0.2) is 0 Å². The van der Waals surface area contributed by atoms with Crippen LogP contribution in [0.1, 0.15) is 18.1 Å². The maximum absolute atomic E-state index is 14.0. The molecule has 2 aromatic carbocycles. The average Bonchev–Trinajstić information content (AvgIpc) is 2.67. The minimum Gasteiger partial charge on any atom is -0.357 e. The van der Waals surface area contributed by atoms with E-state index in [2.05, 4.69) is 5.32 Å². The Morgan fingerprint density at radius 2 is 1.59 bits per heavy atom. The quantitative estimate of drug-likeness (QED) is 0.750. The molecule has 144 valence electrons. The summed E-state index contributed by atoms with van der Waals surface area (Å²) in [7, 11) is 1.48. The zero-order valence-corrected chi connectivity index (χ0v) is 16.1. The van der Waals surface area contributed by atoms with Gasteiger partial charge in [-0.05, 0) is 24.6 Å². The highest BCUT2D eigenvalue weighted by Gasteiger charge is 2.26. The van der Waals surface area contributed by atoms with Crippen LogP contribution in [0.25, 0.3) is 0 Å². The molecule has 1 atom stereocenters. The van der Waals surface area contributed by atoms with Gasteiger partial charge < -0.3 is 10.2 Å². The van der Waals surface area contributed by atoms with Gasteiger partial charge in [0.05, 0.1) is 5.75 Å². The van der Waals surface area contributed by atoms with Gasteiger partial charge in [-0.2, -0.15) is 0 Å². The number of hydrogen-bond acceptors (Lipinski definition) is 3. The van der Waals surface area contributed by atoms with Gasteiger partial charge in [-0.25, -0.2) is 8.78 Å². The number of carbonyl (C=O) groups is 2. The van der Waals surface area contributed by atoms with Crippen molar-refractivity contribution in [1.29, 1.82) is 0 Å². The van der Waals surface area contributed by atoms with Crippen LogP contribution in [0.15, 0.2) is 48.5 Å². The molecule has 0 spiro atoms. The van der Waals surface area contributed by atoms with Crippen molar-refractivity contribution in [3.05, 3.63) is 71.3 Å². The van der Waals surface area contributed by atoms with Crippen molar-refractivity contribution < 1.29 is 18.4 Å². The highest BCUT2D eigenvalue weighted by molar-refractivity contribution is 7.99. The Bertz CT molecular complexity index is 801. The van der Waals surface area contributed by atoms with Crippen LogP contribution >= 0.6 is 11.8 Å². The molecule has 7 heteroatoms. The second kappa shape index (κ2) is 10.1. The Morgan fingerprint density at radius 1 is 1.04 bits per heavy atom. The standard InChI is InChI=1S/C20H22F2N2O2S/c1-14(20(26)23-2)24(11-15-7-3-5-9-17(15)21)19(25)13-27-12-16-8-4-6-10-18(16)22/h3-10,14H,11-13H2,1-2H3,(H,23,26). The molecule has 0 bridgehead atoms. The number of amides is 2. The highest BCUT2D eigenvalue weighted by atomic mass is 32.2. The predicted octanol–water partition coefficient (Wildman–Crippen LogP) is 3.36. The summed E-state index contributed by atoms with van der Waals surface area (Å²) in [6, 6.07) is 11.8. The third-order valence-electron chi connectivity index (χ3n) is 4.15. The molecule has 0 fully saturated rings. The Balaban J connectivity index is 2.07. The smallest absolute Gasteiger partial charge is 0.242 e. The fraction of sp³-hybridized carbons (Fsp3) is 0.300. The van der Waals surface area contributed by atoms with Crippen LogP contribution in [-0.4, -0.2) is 35.6 Å². The van der Waals surface area contributed by atoms with Crippen molar-refractivity contribution in [2.45, 2.75) is 25.3 Å². The molecule has 0 aliphatic heterocycles. The molecule has 0 aliphatic carbocycles. The maximum atomic E-state index is 14.0. The maximum Gasteiger partial charge on any atom is 0.242 e. The first-order chi connectivity index (χ1) is 12.9. The Labute approximate surface area is 161 Å². The van der Waals surface area contributed by atoms with E-state index < -0.39 is 11.9 Å². The minimum absolute atomic E-state index is 0.0135. The number of carbonyl (C=O) groups excluding carboxylic acids is 2. The first-order valence-corrected chi connectivity index (χ1v) is 9.65. The van der Waals surface area contributed by atoms with Crippen LogP contribution in [0.3, 0.4) is 0 Å². The molecular weight excluding hydrogens is 370 g/mol. The summed E-state index contributed by atoms with van der Waals surface area (Å²) in [6.07, 6.45) is 0. The van der Waals surface area contributed by atoms with E-state index in [1.807, 2.05) is 0 Å². The van der Waals surface area contributed by atoms with Crippen LogP contribution in [0.4, 0.5) is 8.78 Å². The number of thioether (sulfide) groups is 1. The number of benzene rings is 2. The van der Waals surface area contributed by atoms with Crippen LogP contribution < -0.4 is 5.32 Å². The SMILES string of the molecule is CNC(=O)C(C)N(Cc1ccccc1F)C(=O)CSCc1ccccc1F. The van der Waals surface area contributed by atoms with Gasteiger partial charge in [0, 0.05) is 24.9 Å². The number of nitrogens with zero attached hydrogens (tertiary/aromatic N) is 1. The van der Waals surface area contributed by atoms with Crippen LogP contribution in [0, 0.1) is 11.6 Å². The third-order valence-corrected chi connectivity index (χ3v) is 5.12. The van der Waals surface area contributed by atoms with Gasteiger partial charge in [0.25, 0.3) is 0 Å². The number of hydrogen-bond donors (Lipinski definition) is 1. The van der Waals surface area contributed by atoms with Crippen molar-refractivity contribution in [1.82, 2.24) is 10.2 Å². The van der Waals surface area contributed by atoms with Gasteiger partial charge >= 0.3 is 0 Å². The van der Waals surface area contributed by atoms with Crippen molar-refractivity contribution in [3.63, 3.8) is 0 Å². The minimum atomic E-state index is -0.754. The lowest BCUT2D eigenvalue weighted by Crippen LogP contribution is -2.47. The van der Waals surface area contributed by atoms with E-state index in [-0.39, 0.29) is 29.9 Å². The summed E-state index contributed by atoms with van der Waals surface area (Å²) in [6.45, 7) is 1.58. The molecule has 4 nitrogen and oxygen atoms in total. The first kappa shape index (κ1) is 20.9. The highest BCUT2D eigenvalue weighted by Crippen LogP contribution is 2.18. The molecule has 0 radical (unpaired) electrons. The fourth-order valence-electron chi connectivity index (χ4n) is 2.55. The zero-order chi connectivity index (χ0) is 19.8. The van der Waals surface area contributed by atoms with Gasteiger partial charge in [-0.3, -0.25) is 9.59 Å². The molecule has 0 aliphatic rings. The number of halogens is 2. The van der Waals surface area contributed by atoms with Crippen LogP contribution in [-0.2, 0) is 21.9 Å². The normalized spacial score (nSPS) is 11.7. The Kier molecular flexibility index (Phi) is 7.79. The molecule has 1 N–H and O–H groups in total. The third kappa shape index (κ3) is 5.79. The Hall–Kier alpha value is -2.41. The van der Waals surface area contributed by atoms with Gasteiger partial charge in [0.1, 0.15) is 17.7 Å². The van der Waals surface area contributed by atoms with E-state index in [0.717, 1.165) is 0 Å². The van der Waals surface area contributed by atoms with Gasteiger partial charge in [-0.15, -0.1) is 11.8 Å². The number of likely N-dealkylation sites (N-methyl/N-ethyl adjacent to an activating group) is 1. The molecular formula is C20H22F2N2O2S. The van der Waals surface area contributed by atoms with E-state index >= 15 is 0 Å². The van der Waals surface area contributed by atoms with Crippen molar-refractivity contribution in [2.24, 2.45) is 0 Å². The molecule has 2 amide bonds. The topological polar surface area (TPSA) is 49.4 Å². The van der Waals surface area contributed by atoms with Gasteiger partial charge in [-0.1, -0.05) is 36.4 Å². The summed E-state index contributed by atoms with van der Waals surface area (Å²) in [4.78, 5) is 26.1. The monoisotopic (exact) mass is 392 g/mol. The van der Waals surface area contributed by atoms with E-state index in [1.54, 1.807) is 43.3 Å². The summed E-state index contributed by atoms with van der Waals surface area (Å²) < 4.78 is 27.7. The van der Waals surface area contributed by atoms with Crippen LogP contribution in [0.2, 0.25) is 0 Å². The fourth-order valence-corrected chi connectivity index (χ4v) is 3.44. The Morgan fingerprint density at radius 3 is 2.15 bits per heavy atom. The van der Waals surface area contributed by atoms with E-state index in [4.69, 9.17) is 0 Å². The molecule has 2 rings (SSSR count). The second-order valence-electron chi connectivity index (χ2n) is 5.99. The molecule has 0 heterocycles. The summed E-state index contributed by atoms with van der Waals surface area (Å²) in [5.74, 6) is -1.00. The summed E-state index contributed by atoms with van der Waals surface area (Å²) >= 11 is 1.25. The molecule has 27 heavy (non-hydrogen) atoms. The molecule has 0 saturated heterocycles. The lowest BCUT2D eigenvalue weighted by molar-refractivity contribution is -0.138. The number of rotatable bonds is 8. The second-order valence-corrected chi connectivity index (χ2v) is 6.97. The van der Waals surface area contributed by atoms with E-state index in [9.17, 15) is 18.4 Å². The van der Waals surface area contributed by atoms with E-state index in [1.165, 1.54) is 35.8 Å². The van der Waals surface area contributed by atoms with Crippen molar-refractivity contribution in [2.75, 3.05) is 12.8 Å². The van der Waals surface area contributed by atoms with E-state index in [0.29, 0.717) is 16.9 Å². The van der Waals surface area contributed by atoms with Crippen molar-refractivity contribution in [3.8, 4) is 0 Å². The molecule has 0 saturated carbocycles. The predicted molar refractivity (Wildman–Crippen MR) is 103 cm³/mol. The van der Waals surface area contributed by atoms with Crippen molar-refractivity contribution >= 4 is 23.6 Å². The first-order valence-electron chi connectivity index (χ1n) is 8.49. The average molecular weight is 392 g/mol. The summed E-state index contributed by atoms with van der Waals surface area (Å²) in [5.41, 5.74) is 0.844. The lowest BCUT2D eigenvalue weighted by atomic mass is 10.1. The molecule has 1 unspecified atom stereocenters. The van der Waals surface area contributed by atoms with Crippen LogP contribution in [0.5, 0.6) is 0 Å². The zero-order valence-electron chi connectivity index (χ0n) is 15.2. The summed E-state index contributed by atoms with van der Waals surface area (Å²) in [5, 5.41) is 2.51.